The van der Waals surface area contributed by atoms with Gasteiger partial charge in [0.15, 0.2) is 5.78 Å². The van der Waals surface area contributed by atoms with Crippen LogP contribution in [-0.4, -0.2) is 24.6 Å². The Morgan fingerprint density at radius 1 is 1.75 bits per heavy atom. The van der Waals surface area contributed by atoms with Crippen LogP contribution in [0.1, 0.15) is 6.42 Å². The van der Waals surface area contributed by atoms with Gasteiger partial charge in [-0.2, -0.15) is 0 Å². The van der Waals surface area contributed by atoms with E-state index in [4.69, 9.17) is 5.73 Å². The Bertz CT molecular complexity index is 139. The first kappa shape index (κ1) is 5.44. The summed E-state index contributed by atoms with van der Waals surface area (Å²) in [5.41, 5.74) is 5.73. The lowest BCUT2D eigenvalue weighted by atomic mass is 10.2. The first-order chi connectivity index (χ1) is 3.84. The largest absolute Gasteiger partial charge is 0.325 e. The molecule has 0 aromatic rings. The fourth-order valence-electron chi connectivity index (χ4n) is 0.703. The Hall–Kier alpha value is -0.700. The molecule has 1 heterocycles. The molecule has 0 spiro atoms. The molecular formula is C5H8N2O. The minimum atomic E-state index is 0.118. The second-order valence-corrected chi connectivity index (χ2v) is 1.71. The third-order valence-corrected chi connectivity index (χ3v) is 1.16. The molecule has 0 saturated carbocycles. The summed E-state index contributed by atoms with van der Waals surface area (Å²) in [5.74, 6) is 0.118. The average molecular weight is 112 g/mol. The molecule has 1 rings (SSSR count). The molecule has 0 fully saturated rings. The SMILES string of the molecule is NCC1=NCCC1=O. The van der Waals surface area contributed by atoms with Gasteiger partial charge < -0.3 is 5.73 Å². The van der Waals surface area contributed by atoms with E-state index in [-0.39, 0.29) is 5.78 Å². The van der Waals surface area contributed by atoms with E-state index in [2.05, 4.69) is 4.99 Å². The molecular weight excluding hydrogens is 104 g/mol. The number of rotatable bonds is 1. The van der Waals surface area contributed by atoms with E-state index in [1.165, 1.54) is 0 Å². The Morgan fingerprint density at radius 2 is 2.50 bits per heavy atom. The van der Waals surface area contributed by atoms with Crippen molar-refractivity contribution in [3.63, 3.8) is 0 Å². The fraction of sp³-hybridized carbons (Fsp3) is 0.600. The van der Waals surface area contributed by atoms with Crippen LogP contribution in [0, 0.1) is 0 Å². The number of carbonyl (C=O) groups excluding carboxylic acids is 1. The summed E-state index contributed by atoms with van der Waals surface area (Å²) in [5, 5.41) is 0. The maximum atomic E-state index is 10.6. The number of hydrogen-bond acceptors (Lipinski definition) is 3. The molecule has 1 aliphatic heterocycles. The van der Waals surface area contributed by atoms with Crippen LogP contribution in [0.3, 0.4) is 0 Å². The summed E-state index contributed by atoms with van der Waals surface area (Å²) in [6.45, 7) is 0.949. The summed E-state index contributed by atoms with van der Waals surface area (Å²) >= 11 is 0. The minimum absolute atomic E-state index is 0.118. The van der Waals surface area contributed by atoms with E-state index in [1.54, 1.807) is 0 Å². The van der Waals surface area contributed by atoms with Gasteiger partial charge in [0.25, 0.3) is 0 Å². The first-order valence-corrected chi connectivity index (χ1v) is 2.61. The highest BCUT2D eigenvalue weighted by molar-refractivity contribution is 6.41. The molecule has 0 amide bonds. The molecule has 0 saturated heterocycles. The van der Waals surface area contributed by atoms with Crippen molar-refractivity contribution >= 4 is 11.5 Å². The maximum absolute atomic E-state index is 10.6. The highest BCUT2D eigenvalue weighted by Crippen LogP contribution is 1.96. The van der Waals surface area contributed by atoms with E-state index in [1.807, 2.05) is 0 Å². The monoisotopic (exact) mass is 112 g/mol. The van der Waals surface area contributed by atoms with Crippen LogP contribution in [0.15, 0.2) is 4.99 Å². The Labute approximate surface area is 47.6 Å². The Balaban J connectivity index is 2.62. The number of ketones is 1. The highest BCUT2D eigenvalue weighted by atomic mass is 16.1. The van der Waals surface area contributed by atoms with E-state index < -0.39 is 0 Å². The summed E-state index contributed by atoms with van der Waals surface area (Å²) in [6.07, 6.45) is 0.562. The molecule has 1 aliphatic rings. The molecule has 0 aromatic carbocycles. The van der Waals surface area contributed by atoms with E-state index in [0.29, 0.717) is 25.2 Å². The maximum Gasteiger partial charge on any atom is 0.179 e. The van der Waals surface area contributed by atoms with Crippen molar-refractivity contribution in [1.82, 2.24) is 0 Å². The van der Waals surface area contributed by atoms with Crippen molar-refractivity contribution in [3.05, 3.63) is 0 Å². The molecule has 0 aromatic heterocycles. The number of carbonyl (C=O) groups is 1. The second-order valence-electron chi connectivity index (χ2n) is 1.71. The Kier molecular flexibility index (Phi) is 1.39. The third kappa shape index (κ3) is 0.767. The van der Waals surface area contributed by atoms with Gasteiger partial charge in [0.05, 0.1) is 5.71 Å². The van der Waals surface area contributed by atoms with Gasteiger partial charge in [0.1, 0.15) is 0 Å². The summed E-state index contributed by atoms with van der Waals surface area (Å²) in [7, 11) is 0. The Morgan fingerprint density at radius 3 is 2.75 bits per heavy atom. The molecule has 8 heavy (non-hydrogen) atoms. The van der Waals surface area contributed by atoms with Gasteiger partial charge in [-0.1, -0.05) is 0 Å². The zero-order valence-corrected chi connectivity index (χ0v) is 4.55. The molecule has 2 N–H and O–H groups in total. The minimum Gasteiger partial charge on any atom is -0.325 e. The van der Waals surface area contributed by atoms with Crippen LogP contribution in [0.25, 0.3) is 0 Å². The molecule has 3 heteroatoms. The number of nitrogens with two attached hydrogens (primary N) is 1. The van der Waals surface area contributed by atoms with Gasteiger partial charge in [0, 0.05) is 19.5 Å². The lowest BCUT2D eigenvalue weighted by Gasteiger charge is -1.86. The fourth-order valence-corrected chi connectivity index (χ4v) is 0.703. The quantitative estimate of drug-likeness (QED) is 0.490. The normalized spacial score (nSPS) is 19.1. The molecule has 0 bridgehead atoms. The van der Waals surface area contributed by atoms with Gasteiger partial charge in [-0.05, 0) is 0 Å². The van der Waals surface area contributed by atoms with Crippen LogP contribution in [0.5, 0.6) is 0 Å². The summed E-state index contributed by atoms with van der Waals surface area (Å²) in [4.78, 5) is 14.5. The van der Waals surface area contributed by atoms with Gasteiger partial charge in [-0.15, -0.1) is 0 Å². The molecule has 0 atom stereocenters. The van der Waals surface area contributed by atoms with Crippen LogP contribution < -0.4 is 5.73 Å². The van der Waals surface area contributed by atoms with Crippen LogP contribution in [0.4, 0.5) is 0 Å². The summed E-state index contributed by atoms with van der Waals surface area (Å²) in [6, 6.07) is 0. The van der Waals surface area contributed by atoms with Gasteiger partial charge in [-0.3, -0.25) is 9.79 Å². The number of nitrogens with zero attached hydrogens (tertiary/aromatic N) is 1. The molecule has 3 nitrogen and oxygen atoms in total. The zero-order chi connectivity index (χ0) is 5.98. The van der Waals surface area contributed by atoms with Gasteiger partial charge >= 0.3 is 0 Å². The van der Waals surface area contributed by atoms with Crippen LogP contribution in [0.2, 0.25) is 0 Å². The van der Waals surface area contributed by atoms with Crippen molar-refractivity contribution < 1.29 is 4.79 Å². The lowest BCUT2D eigenvalue weighted by Crippen LogP contribution is -2.19. The molecule has 0 radical (unpaired) electrons. The van der Waals surface area contributed by atoms with Crippen LogP contribution >= 0.6 is 0 Å². The first-order valence-electron chi connectivity index (χ1n) is 2.61. The predicted octanol–water partition coefficient (Wildman–Crippen LogP) is -0.641. The zero-order valence-electron chi connectivity index (χ0n) is 4.55. The highest BCUT2D eigenvalue weighted by Gasteiger charge is 2.13. The van der Waals surface area contributed by atoms with Crippen molar-refractivity contribution in [1.29, 1.82) is 0 Å². The standard InChI is InChI=1S/C5H8N2O/c6-3-4-5(8)1-2-7-4/h1-3,6H2. The van der Waals surface area contributed by atoms with Crippen molar-refractivity contribution in [3.8, 4) is 0 Å². The average Bonchev–Trinajstić information content (AvgIpc) is 2.14. The summed E-state index contributed by atoms with van der Waals surface area (Å²) < 4.78 is 0. The van der Waals surface area contributed by atoms with E-state index >= 15 is 0 Å². The smallest absolute Gasteiger partial charge is 0.179 e. The van der Waals surface area contributed by atoms with Crippen molar-refractivity contribution in [2.24, 2.45) is 10.7 Å². The van der Waals surface area contributed by atoms with Crippen LogP contribution in [-0.2, 0) is 4.79 Å². The van der Waals surface area contributed by atoms with E-state index in [9.17, 15) is 4.79 Å². The lowest BCUT2D eigenvalue weighted by molar-refractivity contribution is -0.112. The number of Topliss-reactive ketones (excluding diaryl/α,β-unsaturated/α-hetero) is 1. The number of hydrogen-bond donors (Lipinski definition) is 1. The van der Waals surface area contributed by atoms with Crippen molar-refractivity contribution in [2.75, 3.05) is 13.1 Å². The second kappa shape index (κ2) is 2.05. The topological polar surface area (TPSA) is 55.4 Å². The third-order valence-electron chi connectivity index (χ3n) is 1.16. The molecule has 0 aliphatic carbocycles. The van der Waals surface area contributed by atoms with Gasteiger partial charge in [0.2, 0.25) is 0 Å². The van der Waals surface area contributed by atoms with Crippen molar-refractivity contribution in [2.45, 2.75) is 6.42 Å². The van der Waals surface area contributed by atoms with E-state index in [0.717, 1.165) is 0 Å². The molecule has 44 valence electrons. The predicted molar refractivity (Wildman–Crippen MR) is 31.0 cm³/mol. The number of aliphatic imine (C=N–C) groups is 1. The molecule has 0 unspecified atom stereocenters. The van der Waals surface area contributed by atoms with Gasteiger partial charge in [-0.25, -0.2) is 0 Å².